The molecule has 2 aliphatic heterocycles. The van der Waals surface area contributed by atoms with Gasteiger partial charge in [0.2, 0.25) is 5.82 Å². The highest BCUT2D eigenvalue weighted by Gasteiger charge is 2.43. The third-order valence-electron chi connectivity index (χ3n) is 7.30. The van der Waals surface area contributed by atoms with Gasteiger partial charge in [0.15, 0.2) is 0 Å². The van der Waals surface area contributed by atoms with Gasteiger partial charge in [-0.25, -0.2) is 9.97 Å². The number of carbonyl (C=O) groups excluding carboxylic acids is 1. The molecule has 3 aromatic rings. The third kappa shape index (κ3) is 6.13. The lowest BCUT2D eigenvalue weighted by molar-refractivity contribution is -0.145. The summed E-state index contributed by atoms with van der Waals surface area (Å²) in [5, 5.41) is 2.99. The standard InChI is InChI=1S/C27H30F3N5O2S2/c1-3-38-21-5-4-20(31-16-21)15-32-24(36)22-12-18-6-11-37-26(23(18)39-22)7-9-35(10-8-26)17(2)19-13-33-25(34-14-19)27(28,29)30/h4-5,12-14,16-17H,3,6-11,15H2,1-2H3,(H,32,36). The van der Waals surface area contributed by atoms with Gasteiger partial charge >= 0.3 is 6.18 Å². The Balaban J connectivity index is 1.22. The highest BCUT2D eigenvalue weighted by molar-refractivity contribution is 7.99. The van der Waals surface area contributed by atoms with E-state index in [1.54, 1.807) is 11.8 Å². The Morgan fingerprint density at radius 2 is 1.95 bits per heavy atom. The van der Waals surface area contributed by atoms with E-state index in [2.05, 4.69) is 32.1 Å². The van der Waals surface area contributed by atoms with Gasteiger partial charge in [-0.05, 0) is 55.7 Å². The van der Waals surface area contributed by atoms with Gasteiger partial charge in [-0.3, -0.25) is 14.7 Å². The Hall–Kier alpha value is -2.54. The first-order valence-corrected chi connectivity index (χ1v) is 14.7. The van der Waals surface area contributed by atoms with Crippen LogP contribution in [0, 0.1) is 0 Å². The highest BCUT2D eigenvalue weighted by atomic mass is 32.2. The van der Waals surface area contributed by atoms with Crippen LogP contribution in [0.3, 0.4) is 0 Å². The molecular weight excluding hydrogens is 547 g/mol. The summed E-state index contributed by atoms with van der Waals surface area (Å²) in [7, 11) is 0. The Morgan fingerprint density at radius 1 is 1.21 bits per heavy atom. The van der Waals surface area contributed by atoms with Crippen LogP contribution in [0.15, 0.2) is 41.7 Å². The molecule has 0 aromatic carbocycles. The summed E-state index contributed by atoms with van der Waals surface area (Å²) in [6.07, 6.45) is 2.04. The number of ether oxygens (including phenoxy) is 1. The Morgan fingerprint density at radius 3 is 2.59 bits per heavy atom. The molecule has 39 heavy (non-hydrogen) atoms. The molecule has 208 valence electrons. The minimum Gasteiger partial charge on any atom is -0.369 e. The molecular formula is C27H30F3N5O2S2. The largest absolute Gasteiger partial charge is 0.451 e. The van der Waals surface area contributed by atoms with Crippen molar-refractivity contribution in [3.8, 4) is 0 Å². The van der Waals surface area contributed by atoms with E-state index in [-0.39, 0.29) is 11.9 Å². The Labute approximate surface area is 233 Å². The molecule has 7 nitrogen and oxygen atoms in total. The van der Waals surface area contributed by atoms with E-state index in [4.69, 9.17) is 4.74 Å². The summed E-state index contributed by atoms with van der Waals surface area (Å²) in [6.45, 7) is 6.42. The number of fused-ring (bicyclic) bond motifs is 2. The van der Waals surface area contributed by atoms with Crippen LogP contribution in [0.4, 0.5) is 13.2 Å². The van der Waals surface area contributed by atoms with Crippen LogP contribution in [-0.4, -0.2) is 51.2 Å². The maximum Gasteiger partial charge on any atom is 0.451 e. The zero-order chi connectivity index (χ0) is 27.6. The first-order valence-electron chi connectivity index (χ1n) is 12.9. The second-order valence-electron chi connectivity index (χ2n) is 9.71. The SMILES string of the molecule is CCSc1ccc(CNC(=O)c2cc3c(s2)C2(CCN(C(C)c4cnc(C(F)(F)F)nc4)CC2)OCC3)nc1. The second-order valence-corrected chi connectivity index (χ2v) is 12.1. The average Bonchev–Trinajstić information content (AvgIpc) is 3.39. The summed E-state index contributed by atoms with van der Waals surface area (Å²) in [5.41, 5.74) is 2.17. The fourth-order valence-electron chi connectivity index (χ4n) is 5.11. The number of rotatable bonds is 7. The lowest BCUT2D eigenvalue weighted by Crippen LogP contribution is -2.46. The first-order chi connectivity index (χ1) is 18.7. The second kappa shape index (κ2) is 11.5. The number of amides is 1. The number of likely N-dealkylation sites (tertiary alicyclic amines) is 1. The van der Waals surface area contributed by atoms with Crippen molar-refractivity contribution in [3.05, 3.63) is 69.2 Å². The number of alkyl halides is 3. The zero-order valence-electron chi connectivity index (χ0n) is 21.8. The van der Waals surface area contributed by atoms with E-state index in [0.717, 1.165) is 46.0 Å². The number of aromatic nitrogens is 3. The number of thioether (sulfide) groups is 1. The maximum atomic E-state index is 13.0. The van der Waals surface area contributed by atoms with Crippen molar-refractivity contribution in [2.24, 2.45) is 0 Å². The molecule has 3 aromatic heterocycles. The third-order valence-corrected chi connectivity index (χ3v) is 9.52. The molecule has 0 saturated carbocycles. The molecule has 5 rings (SSSR count). The molecule has 1 spiro atoms. The van der Waals surface area contributed by atoms with E-state index >= 15 is 0 Å². The molecule has 1 N–H and O–H groups in total. The van der Waals surface area contributed by atoms with Crippen molar-refractivity contribution >= 4 is 29.0 Å². The fraction of sp³-hybridized carbons (Fsp3) is 0.481. The van der Waals surface area contributed by atoms with E-state index < -0.39 is 17.6 Å². The zero-order valence-corrected chi connectivity index (χ0v) is 23.4. The molecule has 0 aliphatic carbocycles. The van der Waals surface area contributed by atoms with Gasteiger partial charge < -0.3 is 10.1 Å². The summed E-state index contributed by atoms with van der Waals surface area (Å²) < 4.78 is 44.9. The first kappa shape index (κ1) is 28.0. The van der Waals surface area contributed by atoms with Crippen LogP contribution >= 0.6 is 23.1 Å². The topological polar surface area (TPSA) is 80.2 Å². The quantitative estimate of drug-likeness (QED) is 0.365. The van der Waals surface area contributed by atoms with Gasteiger partial charge in [-0.15, -0.1) is 23.1 Å². The number of hydrogen-bond donors (Lipinski definition) is 1. The van der Waals surface area contributed by atoms with Crippen molar-refractivity contribution in [3.63, 3.8) is 0 Å². The van der Waals surface area contributed by atoms with Gasteiger partial charge in [-0.1, -0.05) is 6.92 Å². The molecule has 1 amide bonds. The minimum absolute atomic E-state index is 0.119. The number of halogens is 3. The van der Waals surface area contributed by atoms with Crippen molar-refractivity contribution < 1.29 is 22.7 Å². The predicted molar refractivity (Wildman–Crippen MR) is 144 cm³/mol. The van der Waals surface area contributed by atoms with Crippen molar-refractivity contribution in [2.75, 3.05) is 25.4 Å². The van der Waals surface area contributed by atoms with Crippen LogP contribution < -0.4 is 5.32 Å². The lowest BCUT2D eigenvalue weighted by atomic mass is 9.84. The van der Waals surface area contributed by atoms with Crippen LogP contribution in [0.5, 0.6) is 0 Å². The predicted octanol–water partition coefficient (Wildman–Crippen LogP) is 5.62. The maximum absolute atomic E-state index is 13.0. The summed E-state index contributed by atoms with van der Waals surface area (Å²) >= 11 is 3.22. The fourth-order valence-corrected chi connectivity index (χ4v) is 7.07. The summed E-state index contributed by atoms with van der Waals surface area (Å²) in [4.78, 5) is 29.6. The lowest BCUT2D eigenvalue weighted by Gasteiger charge is -2.45. The van der Waals surface area contributed by atoms with E-state index in [1.807, 2.05) is 31.3 Å². The van der Waals surface area contributed by atoms with Crippen LogP contribution in [0.2, 0.25) is 0 Å². The molecule has 1 saturated heterocycles. The number of thiophene rings is 1. The van der Waals surface area contributed by atoms with Gasteiger partial charge in [-0.2, -0.15) is 13.2 Å². The monoisotopic (exact) mass is 577 g/mol. The number of nitrogens with zero attached hydrogens (tertiary/aromatic N) is 4. The molecule has 2 aliphatic rings. The molecule has 1 fully saturated rings. The normalized spacial score (nSPS) is 18.1. The van der Waals surface area contributed by atoms with Gasteiger partial charge in [0.05, 0.1) is 23.7 Å². The Kier molecular flexibility index (Phi) is 8.27. The molecule has 0 radical (unpaired) electrons. The smallest absolute Gasteiger partial charge is 0.369 e. The summed E-state index contributed by atoms with van der Waals surface area (Å²) in [6, 6.07) is 5.82. The van der Waals surface area contributed by atoms with Gasteiger partial charge in [0.1, 0.15) is 5.60 Å². The van der Waals surface area contributed by atoms with Crippen molar-refractivity contribution in [1.82, 2.24) is 25.2 Å². The highest BCUT2D eigenvalue weighted by Crippen LogP contribution is 2.46. The van der Waals surface area contributed by atoms with Crippen LogP contribution in [0.25, 0.3) is 0 Å². The van der Waals surface area contributed by atoms with Crippen molar-refractivity contribution in [1.29, 1.82) is 0 Å². The van der Waals surface area contributed by atoms with E-state index in [9.17, 15) is 18.0 Å². The molecule has 12 heteroatoms. The molecule has 1 unspecified atom stereocenters. The van der Waals surface area contributed by atoms with Gasteiger partial charge in [0, 0.05) is 53.1 Å². The minimum atomic E-state index is -4.55. The number of pyridine rings is 1. The van der Waals surface area contributed by atoms with Crippen LogP contribution in [0.1, 0.15) is 69.9 Å². The van der Waals surface area contributed by atoms with Crippen molar-refractivity contribution in [2.45, 2.75) is 62.4 Å². The van der Waals surface area contributed by atoms with Crippen LogP contribution in [-0.2, 0) is 29.5 Å². The molecule has 0 bridgehead atoms. The number of carbonyl (C=O) groups is 1. The van der Waals surface area contributed by atoms with Gasteiger partial charge in [0.25, 0.3) is 5.91 Å². The number of piperidine rings is 1. The number of hydrogen-bond acceptors (Lipinski definition) is 8. The molecule has 1 atom stereocenters. The average molecular weight is 578 g/mol. The molecule has 5 heterocycles. The number of nitrogens with one attached hydrogen (secondary N) is 1. The summed E-state index contributed by atoms with van der Waals surface area (Å²) in [5.74, 6) is -0.263. The van der Waals surface area contributed by atoms with E-state index in [1.165, 1.54) is 23.7 Å². The van der Waals surface area contributed by atoms with E-state index in [0.29, 0.717) is 36.7 Å². The Bertz CT molecular complexity index is 1290.